The summed E-state index contributed by atoms with van der Waals surface area (Å²) in [5, 5.41) is 3.48. The fourth-order valence-corrected chi connectivity index (χ4v) is 3.52. The van der Waals surface area contributed by atoms with Crippen molar-refractivity contribution in [3.8, 4) is 0 Å². The van der Waals surface area contributed by atoms with Gasteiger partial charge in [-0.3, -0.25) is 4.72 Å². The van der Waals surface area contributed by atoms with Gasteiger partial charge < -0.3 is 5.32 Å². The van der Waals surface area contributed by atoms with E-state index < -0.39 is 10.0 Å². The number of anilines is 1. The third-order valence-corrected chi connectivity index (χ3v) is 5.75. The summed E-state index contributed by atoms with van der Waals surface area (Å²) in [6.07, 6.45) is 0. The lowest BCUT2D eigenvalue weighted by atomic mass is 10.1. The van der Waals surface area contributed by atoms with Crippen molar-refractivity contribution in [1.29, 1.82) is 0 Å². The van der Waals surface area contributed by atoms with Crippen LogP contribution in [-0.4, -0.2) is 14.2 Å². The first-order chi connectivity index (χ1) is 10.4. The molecule has 0 aliphatic heterocycles. The highest BCUT2D eigenvalue weighted by molar-refractivity contribution is 7.92. The fourth-order valence-electron chi connectivity index (χ4n) is 2.04. The summed E-state index contributed by atoms with van der Waals surface area (Å²) < 4.78 is 25.6. The molecule has 0 aliphatic rings. The molecule has 22 heavy (non-hydrogen) atoms. The second kappa shape index (κ2) is 7.26. The van der Waals surface area contributed by atoms with Gasteiger partial charge in [0.1, 0.15) is 0 Å². The van der Waals surface area contributed by atoms with E-state index in [4.69, 9.17) is 0 Å². The van der Waals surface area contributed by atoms with Gasteiger partial charge in [-0.25, -0.2) is 8.42 Å². The first-order valence-electron chi connectivity index (χ1n) is 7.29. The quantitative estimate of drug-likeness (QED) is 0.810. The van der Waals surface area contributed by atoms with Crippen LogP contribution in [0, 0.1) is 6.92 Å². The van der Waals surface area contributed by atoms with Crippen LogP contribution in [0.25, 0.3) is 0 Å². The number of sulfonamides is 1. The molecule has 1 atom stereocenters. The number of thiophene rings is 1. The molecular formula is C16H22N2O2S2. The molecule has 120 valence electrons. The van der Waals surface area contributed by atoms with Crippen LogP contribution >= 0.6 is 11.3 Å². The molecule has 0 amide bonds. The first-order valence-corrected chi connectivity index (χ1v) is 9.75. The summed E-state index contributed by atoms with van der Waals surface area (Å²) in [7, 11) is -3.21. The van der Waals surface area contributed by atoms with Crippen molar-refractivity contribution < 1.29 is 8.42 Å². The second-order valence-electron chi connectivity index (χ2n) is 5.24. The van der Waals surface area contributed by atoms with Gasteiger partial charge in [0.2, 0.25) is 10.0 Å². The standard InChI is InChI=1S/C16H22N2O2S2/c1-4-22(19,20)18-15-8-6-14(7-9-15)13(3)17-11-16-10-5-12(2)21-16/h5-10,13,17-18H,4,11H2,1-3H3/t13-/m1/s1. The molecule has 0 saturated heterocycles. The van der Waals surface area contributed by atoms with E-state index in [1.54, 1.807) is 30.4 Å². The Morgan fingerprint density at radius 2 is 1.82 bits per heavy atom. The molecule has 1 aromatic heterocycles. The number of hydrogen-bond donors (Lipinski definition) is 2. The van der Waals surface area contributed by atoms with E-state index in [1.165, 1.54) is 9.75 Å². The molecule has 0 saturated carbocycles. The molecule has 1 aromatic carbocycles. The molecule has 0 spiro atoms. The zero-order valence-corrected chi connectivity index (χ0v) is 14.7. The zero-order valence-electron chi connectivity index (χ0n) is 13.1. The first kappa shape index (κ1) is 17.0. The zero-order chi connectivity index (χ0) is 16.2. The van der Waals surface area contributed by atoms with E-state index in [1.807, 2.05) is 12.1 Å². The molecule has 0 unspecified atom stereocenters. The maximum absolute atomic E-state index is 11.5. The van der Waals surface area contributed by atoms with E-state index in [0.29, 0.717) is 5.69 Å². The Labute approximate surface area is 136 Å². The van der Waals surface area contributed by atoms with E-state index in [9.17, 15) is 8.42 Å². The normalized spacial score (nSPS) is 13.0. The molecule has 0 fully saturated rings. The van der Waals surface area contributed by atoms with Gasteiger partial charge in [-0.2, -0.15) is 0 Å². The number of nitrogens with one attached hydrogen (secondary N) is 2. The van der Waals surface area contributed by atoms with Crippen molar-refractivity contribution in [2.45, 2.75) is 33.4 Å². The van der Waals surface area contributed by atoms with Crippen LogP contribution in [0.5, 0.6) is 0 Å². The average molecular weight is 338 g/mol. The number of benzene rings is 1. The topological polar surface area (TPSA) is 58.2 Å². The highest BCUT2D eigenvalue weighted by Crippen LogP contribution is 2.19. The Kier molecular flexibility index (Phi) is 5.61. The van der Waals surface area contributed by atoms with Crippen molar-refractivity contribution in [2.75, 3.05) is 10.5 Å². The molecule has 2 aromatic rings. The summed E-state index contributed by atoms with van der Waals surface area (Å²) in [6.45, 7) is 6.66. The lowest BCUT2D eigenvalue weighted by molar-refractivity contribution is 0.579. The number of aryl methyl sites for hydroxylation is 1. The molecule has 1 heterocycles. The van der Waals surface area contributed by atoms with Crippen LogP contribution in [0.4, 0.5) is 5.69 Å². The van der Waals surface area contributed by atoms with E-state index in [0.717, 1.165) is 12.1 Å². The second-order valence-corrected chi connectivity index (χ2v) is 8.63. The summed E-state index contributed by atoms with van der Waals surface area (Å²) in [5.74, 6) is 0.0763. The van der Waals surface area contributed by atoms with Crippen molar-refractivity contribution in [3.63, 3.8) is 0 Å². The minimum absolute atomic E-state index is 0.0763. The van der Waals surface area contributed by atoms with Crippen LogP contribution in [0.2, 0.25) is 0 Å². The number of hydrogen-bond acceptors (Lipinski definition) is 4. The summed E-state index contributed by atoms with van der Waals surface area (Å²) in [5.41, 5.74) is 1.74. The minimum Gasteiger partial charge on any atom is -0.305 e. The molecule has 2 N–H and O–H groups in total. The maximum atomic E-state index is 11.5. The lowest BCUT2D eigenvalue weighted by Crippen LogP contribution is -2.18. The summed E-state index contributed by atoms with van der Waals surface area (Å²) in [6, 6.07) is 12.0. The largest absolute Gasteiger partial charge is 0.305 e. The van der Waals surface area contributed by atoms with Crippen LogP contribution in [0.1, 0.15) is 35.2 Å². The summed E-state index contributed by atoms with van der Waals surface area (Å²) in [4.78, 5) is 2.63. The third-order valence-electron chi connectivity index (χ3n) is 3.44. The SMILES string of the molecule is CCS(=O)(=O)Nc1ccc([C@@H](C)NCc2ccc(C)s2)cc1. The van der Waals surface area contributed by atoms with Crippen LogP contribution in [-0.2, 0) is 16.6 Å². The van der Waals surface area contributed by atoms with Crippen molar-refractivity contribution in [3.05, 3.63) is 51.7 Å². The Morgan fingerprint density at radius 1 is 1.14 bits per heavy atom. The third kappa shape index (κ3) is 4.83. The Balaban J connectivity index is 1.94. The Morgan fingerprint density at radius 3 is 2.36 bits per heavy atom. The Hall–Kier alpha value is -1.37. The predicted molar refractivity (Wildman–Crippen MR) is 93.8 cm³/mol. The number of rotatable bonds is 7. The predicted octanol–water partition coefficient (Wildman–Crippen LogP) is 3.67. The van der Waals surface area contributed by atoms with Gasteiger partial charge in [-0.15, -0.1) is 11.3 Å². The van der Waals surface area contributed by atoms with Gasteiger partial charge in [-0.1, -0.05) is 12.1 Å². The molecule has 0 radical (unpaired) electrons. The fraction of sp³-hybridized carbons (Fsp3) is 0.375. The minimum atomic E-state index is -3.21. The van der Waals surface area contributed by atoms with Gasteiger partial charge in [0.05, 0.1) is 5.75 Å². The molecule has 0 bridgehead atoms. The molecule has 0 aliphatic carbocycles. The molecule has 4 nitrogen and oxygen atoms in total. The van der Waals surface area contributed by atoms with E-state index in [-0.39, 0.29) is 11.8 Å². The average Bonchev–Trinajstić information content (AvgIpc) is 2.91. The van der Waals surface area contributed by atoms with Gasteiger partial charge in [-0.05, 0) is 50.6 Å². The van der Waals surface area contributed by atoms with Crippen LogP contribution < -0.4 is 10.0 Å². The van der Waals surface area contributed by atoms with Gasteiger partial charge in [0.25, 0.3) is 0 Å². The molecule has 6 heteroatoms. The summed E-state index contributed by atoms with van der Waals surface area (Å²) >= 11 is 1.80. The smallest absolute Gasteiger partial charge is 0.232 e. The van der Waals surface area contributed by atoms with Crippen molar-refractivity contribution >= 4 is 27.0 Å². The Bertz CT molecular complexity index is 706. The lowest BCUT2D eigenvalue weighted by Gasteiger charge is -2.14. The van der Waals surface area contributed by atoms with Gasteiger partial charge in [0.15, 0.2) is 0 Å². The van der Waals surface area contributed by atoms with E-state index in [2.05, 4.69) is 36.0 Å². The highest BCUT2D eigenvalue weighted by atomic mass is 32.2. The van der Waals surface area contributed by atoms with Crippen molar-refractivity contribution in [2.24, 2.45) is 0 Å². The molecular weight excluding hydrogens is 316 g/mol. The molecule has 2 rings (SSSR count). The van der Waals surface area contributed by atoms with E-state index >= 15 is 0 Å². The van der Waals surface area contributed by atoms with Crippen LogP contribution in [0.15, 0.2) is 36.4 Å². The van der Waals surface area contributed by atoms with Gasteiger partial charge in [0, 0.05) is 28.0 Å². The monoisotopic (exact) mass is 338 g/mol. The van der Waals surface area contributed by atoms with Crippen molar-refractivity contribution in [1.82, 2.24) is 5.32 Å². The van der Waals surface area contributed by atoms with Crippen LogP contribution in [0.3, 0.4) is 0 Å². The highest BCUT2D eigenvalue weighted by Gasteiger charge is 2.09. The maximum Gasteiger partial charge on any atom is 0.232 e. The van der Waals surface area contributed by atoms with Gasteiger partial charge >= 0.3 is 0 Å².